The van der Waals surface area contributed by atoms with Gasteiger partial charge in [-0.05, 0) is 54.7 Å². The lowest BCUT2D eigenvalue weighted by molar-refractivity contribution is -0.111. The smallest absolute Gasteiger partial charge is 0.122 e. The Morgan fingerprint density at radius 3 is 2.08 bits per heavy atom. The summed E-state index contributed by atoms with van der Waals surface area (Å²) >= 11 is 0. The van der Waals surface area contributed by atoms with Crippen molar-refractivity contribution in [2.24, 2.45) is 23.7 Å². The minimum absolute atomic E-state index is 0.178. The molecule has 0 bridgehead atoms. The van der Waals surface area contributed by atoms with Crippen molar-refractivity contribution in [3.05, 3.63) is 29.8 Å². The van der Waals surface area contributed by atoms with Crippen molar-refractivity contribution in [2.45, 2.75) is 53.6 Å². The third-order valence-electron chi connectivity index (χ3n) is 4.45. The van der Waals surface area contributed by atoms with E-state index in [1.54, 1.807) is 7.11 Å². The molecular formula is C21H34O3. The van der Waals surface area contributed by atoms with Gasteiger partial charge in [-0.2, -0.15) is 0 Å². The Hall–Kier alpha value is -1.35. The topological polar surface area (TPSA) is 35.5 Å². The molecule has 0 radical (unpaired) electrons. The van der Waals surface area contributed by atoms with Gasteiger partial charge in [-0.15, -0.1) is 0 Å². The third-order valence-corrected chi connectivity index (χ3v) is 4.45. The molecule has 0 heterocycles. The summed E-state index contributed by atoms with van der Waals surface area (Å²) in [5.74, 6) is 2.87. The molecule has 4 atom stereocenters. The molecule has 1 aromatic rings. The van der Waals surface area contributed by atoms with Crippen molar-refractivity contribution < 1.29 is 14.3 Å². The summed E-state index contributed by atoms with van der Waals surface area (Å²) in [6, 6.07) is 8.02. The van der Waals surface area contributed by atoms with Crippen LogP contribution in [0.3, 0.4) is 0 Å². The largest absolute Gasteiger partial charge is 0.497 e. The summed E-state index contributed by atoms with van der Waals surface area (Å²) in [5, 5.41) is 0. The van der Waals surface area contributed by atoms with E-state index in [-0.39, 0.29) is 5.92 Å². The maximum atomic E-state index is 10.8. The molecule has 0 N–H and O–H groups in total. The highest BCUT2D eigenvalue weighted by molar-refractivity contribution is 5.52. The lowest BCUT2D eigenvalue weighted by atomic mass is 9.86. The Morgan fingerprint density at radius 2 is 1.50 bits per heavy atom. The molecule has 0 spiro atoms. The lowest BCUT2D eigenvalue weighted by Gasteiger charge is -2.21. The fraction of sp³-hybridized carbons (Fsp3) is 0.667. The molecule has 0 saturated carbocycles. The van der Waals surface area contributed by atoms with Crippen molar-refractivity contribution in [2.75, 3.05) is 13.7 Å². The molecular weight excluding hydrogens is 300 g/mol. The number of carbonyl (C=O) groups excluding carboxylic acids is 1. The van der Waals surface area contributed by atoms with Crippen molar-refractivity contribution in [1.29, 1.82) is 0 Å². The van der Waals surface area contributed by atoms with E-state index in [0.717, 1.165) is 25.1 Å². The zero-order chi connectivity index (χ0) is 17.9. The molecule has 3 heteroatoms. The van der Waals surface area contributed by atoms with E-state index in [1.807, 2.05) is 31.2 Å². The first-order valence-electron chi connectivity index (χ1n) is 9.10. The van der Waals surface area contributed by atoms with Gasteiger partial charge in [-0.3, -0.25) is 0 Å². The number of aldehydes is 1. The number of methoxy groups -OCH3 is 1. The Kier molecular flexibility index (Phi) is 9.70. The summed E-state index contributed by atoms with van der Waals surface area (Å²) in [6.07, 6.45) is 4.41. The summed E-state index contributed by atoms with van der Waals surface area (Å²) < 4.78 is 11.0. The Labute approximate surface area is 147 Å². The fourth-order valence-electron chi connectivity index (χ4n) is 3.42. The summed E-state index contributed by atoms with van der Waals surface area (Å²) in [4.78, 5) is 10.8. The standard InChI is InChI=1S/C21H34O3/c1-16(11-18(3)13-22)10-17(2)12-19(4)14-24-15-20-6-8-21(23-5)9-7-20/h6-9,13,16-19H,10-12,14-15H2,1-5H3/t16-,17+,18+,19+/m1/s1. The van der Waals surface area contributed by atoms with Gasteiger partial charge in [-0.1, -0.05) is 39.8 Å². The van der Waals surface area contributed by atoms with Crippen LogP contribution in [0.4, 0.5) is 0 Å². The zero-order valence-electron chi connectivity index (χ0n) is 16.0. The minimum atomic E-state index is 0.178. The van der Waals surface area contributed by atoms with Gasteiger partial charge in [0.05, 0.1) is 13.7 Å². The van der Waals surface area contributed by atoms with Gasteiger partial charge in [0.25, 0.3) is 0 Å². The monoisotopic (exact) mass is 334 g/mol. The Morgan fingerprint density at radius 1 is 0.917 bits per heavy atom. The van der Waals surface area contributed by atoms with Crippen molar-refractivity contribution in [1.82, 2.24) is 0 Å². The molecule has 1 aromatic carbocycles. The number of carbonyl (C=O) groups is 1. The second-order valence-corrected chi connectivity index (χ2v) is 7.50. The molecule has 0 unspecified atom stereocenters. The van der Waals surface area contributed by atoms with Crippen LogP contribution >= 0.6 is 0 Å². The second kappa shape index (κ2) is 11.2. The lowest BCUT2D eigenvalue weighted by Crippen LogP contribution is -2.13. The first-order chi connectivity index (χ1) is 11.4. The molecule has 0 amide bonds. The maximum absolute atomic E-state index is 10.8. The predicted molar refractivity (Wildman–Crippen MR) is 99.2 cm³/mol. The minimum Gasteiger partial charge on any atom is -0.497 e. The molecule has 0 fully saturated rings. The molecule has 0 saturated heterocycles. The van der Waals surface area contributed by atoms with Gasteiger partial charge in [0.1, 0.15) is 12.0 Å². The molecule has 24 heavy (non-hydrogen) atoms. The third kappa shape index (κ3) is 8.49. The summed E-state index contributed by atoms with van der Waals surface area (Å²) in [6.45, 7) is 10.3. The highest BCUT2D eigenvalue weighted by Crippen LogP contribution is 2.24. The van der Waals surface area contributed by atoms with Gasteiger partial charge < -0.3 is 14.3 Å². The van der Waals surface area contributed by atoms with Crippen LogP contribution in [0.5, 0.6) is 5.75 Å². The van der Waals surface area contributed by atoms with Crippen molar-refractivity contribution in [3.8, 4) is 5.75 Å². The molecule has 0 aliphatic rings. The highest BCUT2D eigenvalue weighted by atomic mass is 16.5. The molecule has 0 aromatic heterocycles. The normalized spacial score (nSPS) is 16.2. The van der Waals surface area contributed by atoms with Gasteiger partial charge in [0, 0.05) is 12.5 Å². The number of hydrogen-bond donors (Lipinski definition) is 0. The average Bonchev–Trinajstić information content (AvgIpc) is 2.54. The SMILES string of the molecule is COc1ccc(COC[C@@H](C)C[C@@H](C)C[C@@H](C)C[C@H](C)C=O)cc1. The quantitative estimate of drug-likeness (QED) is 0.497. The van der Waals surface area contributed by atoms with Crippen LogP contribution in [0.1, 0.15) is 52.5 Å². The second-order valence-electron chi connectivity index (χ2n) is 7.50. The molecule has 3 nitrogen and oxygen atoms in total. The van der Waals surface area contributed by atoms with Crippen molar-refractivity contribution >= 4 is 6.29 Å². The fourth-order valence-corrected chi connectivity index (χ4v) is 3.42. The van der Waals surface area contributed by atoms with Crippen molar-refractivity contribution in [3.63, 3.8) is 0 Å². The van der Waals surface area contributed by atoms with E-state index >= 15 is 0 Å². The average molecular weight is 334 g/mol. The van der Waals surface area contributed by atoms with E-state index < -0.39 is 0 Å². The van der Waals surface area contributed by atoms with E-state index in [1.165, 1.54) is 18.4 Å². The van der Waals surface area contributed by atoms with Crippen LogP contribution in [0, 0.1) is 23.7 Å². The maximum Gasteiger partial charge on any atom is 0.122 e. The van der Waals surface area contributed by atoms with Crippen LogP contribution in [0.25, 0.3) is 0 Å². The van der Waals surface area contributed by atoms with Crippen LogP contribution in [-0.2, 0) is 16.1 Å². The Bertz CT molecular complexity index is 455. The van der Waals surface area contributed by atoms with E-state index in [2.05, 4.69) is 20.8 Å². The van der Waals surface area contributed by atoms with E-state index in [4.69, 9.17) is 9.47 Å². The van der Waals surface area contributed by atoms with E-state index in [0.29, 0.717) is 24.4 Å². The number of rotatable bonds is 12. The first-order valence-corrected chi connectivity index (χ1v) is 9.10. The number of benzene rings is 1. The number of hydrogen-bond acceptors (Lipinski definition) is 3. The van der Waals surface area contributed by atoms with Crippen LogP contribution in [0.15, 0.2) is 24.3 Å². The zero-order valence-corrected chi connectivity index (χ0v) is 16.0. The van der Waals surface area contributed by atoms with Gasteiger partial charge in [0.15, 0.2) is 0 Å². The van der Waals surface area contributed by atoms with E-state index in [9.17, 15) is 4.79 Å². The van der Waals surface area contributed by atoms with Crippen LogP contribution in [-0.4, -0.2) is 20.0 Å². The first kappa shape index (κ1) is 20.7. The van der Waals surface area contributed by atoms with Crippen LogP contribution < -0.4 is 4.74 Å². The highest BCUT2D eigenvalue weighted by Gasteiger charge is 2.14. The van der Waals surface area contributed by atoms with Gasteiger partial charge in [-0.25, -0.2) is 0 Å². The predicted octanol–water partition coefficient (Wildman–Crippen LogP) is 5.13. The summed E-state index contributed by atoms with van der Waals surface area (Å²) in [7, 11) is 1.68. The van der Waals surface area contributed by atoms with Gasteiger partial charge >= 0.3 is 0 Å². The molecule has 0 aliphatic heterocycles. The summed E-state index contributed by atoms with van der Waals surface area (Å²) in [5.41, 5.74) is 1.17. The number of ether oxygens (including phenoxy) is 2. The molecule has 1 rings (SSSR count). The van der Waals surface area contributed by atoms with Crippen LogP contribution in [0.2, 0.25) is 0 Å². The van der Waals surface area contributed by atoms with Gasteiger partial charge in [0.2, 0.25) is 0 Å². The Balaban J connectivity index is 2.22. The molecule has 136 valence electrons. The molecule has 0 aliphatic carbocycles.